The Morgan fingerprint density at radius 2 is 1.76 bits per heavy atom. The van der Waals surface area contributed by atoms with E-state index in [4.69, 9.17) is 0 Å². The smallest absolute Gasteiger partial charge is 0.282 e. The quantitative estimate of drug-likeness (QED) is 0.425. The molecule has 2 aromatic carbocycles. The fourth-order valence-electron chi connectivity index (χ4n) is 3.92. The van der Waals surface area contributed by atoms with Crippen LogP contribution in [0.3, 0.4) is 0 Å². The highest BCUT2D eigenvalue weighted by Gasteiger charge is 2.35. The molecule has 2 heterocycles. The van der Waals surface area contributed by atoms with E-state index in [-0.39, 0.29) is 23.9 Å². The summed E-state index contributed by atoms with van der Waals surface area (Å²) in [5, 5.41) is 18.2. The maximum absolute atomic E-state index is 13.0. The fraction of sp³-hybridized carbons (Fsp3) is 0.286. The van der Waals surface area contributed by atoms with Crippen molar-refractivity contribution >= 4 is 15.7 Å². The second-order valence-corrected chi connectivity index (χ2v) is 9.60. The number of H-pyrrole nitrogens is 1. The van der Waals surface area contributed by atoms with Gasteiger partial charge in [-0.1, -0.05) is 24.3 Å². The van der Waals surface area contributed by atoms with Gasteiger partial charge in [0.25, 0.3) is 5.69 Å². The van der Waals surface area contributed by atoms with Crippen LogP contribution in [0, 0.1) is 10.1 Å². The molecular formula is C21H19F3N4O4S. The Hall–Kier alpha value is -3.25. The van der Waals surface area contributed by atoms with Gasteiger partial charge in [-0.05, 0) is 37.1 Å². The number of sulfonamides is 1. The van der Waals surface area contributed by atoms with Crippen molar-refractivity contribution in [1.82, 2.24) is 14.5 Å². The molecule has 3 aromatic rings. The number of benzene rings is 2. The lowest BCUT2D eigenvalue weighted by molar-refractivity contribution is -0.387. The lowest BCUT2D eigenvalue weighted by Crippen LogP contribution is -2.38. The van der Waals surface area contributed by atoms with Gasteiger partial charge in [0.05, 0.1) is 16.2 Å². The van der Waals surface area contributed by atoms with Gasteiger partial charge < -0.3 is 0 Å². The van der Waals surface area contributed by atoms with Crippen LogP contribution in [-0.2, 0) is 16.2 Å². The highest BCUT2D eigenvalue weighted by Crippen LogP contribution is 2.35. The van der Waals surface area contributed by atoms with Crippen LogP contribution in [0.1, 0.15) is 30.0 Å². The third-order valence-corrected chi connectivity index (χ3v) is 7.60. The SMILES string of the molecule is O=[N+]([O-])c1ccccc1S(=O)(=O)N1CCC(c2cc(-c3cccc(C(F)(F)F)c3)n[nH]2)CC1. The minimum Gasteiger partial charge on any atom is -0.282 e. The molecule has 0 atom stereocenters. The number of hydrogen-bond donors (Lipinski definition) is 1. The topological polar surface area (TPSA) is 109 Å². The monoisotopic (exact) mass is 480 g/mol. The summed E-state index contributed by atoms with van der Waals surface area (Å²) in [4.78, 5) is 10.2. The van der Waals surface area contributed by atoms with Gasteiger partial charge in [0.1, 0.15) is 0 Å². The number of nitrogens with one attached hydrogen (secondary N) is 1. The molecule has 1 aromatic heterocycles. The number of rotatable bonds is 5. The van der Waals surface area contributed by atoms with E-state index in [0.29, 0.717) is 29.8 Å². The number of para-hydroxylation sites is 1. The summed E-state index contributed by atoms with van der Waals surface area (Å²) in [6, 6.07) is 11.8. The number of aromatic amines is 1. The van der Waals surface area contributed by atoms with E-state index in [2.05, 4.69) is 10.2 Å². The van der Waals surface area contributed by atoms with Gasteiger partial charge >= 0.3 is 6.18 Å². The Balaban J connectivity index is 1.49. The van der Waals surface area contributed by atoms with Crippen LogP contribution in [0.25, 0.3) is 11.3 Å². The maximum atomic E-state index is 13.0. The van der Waals surface area contributed by atoms with E-state index in [1.807, 2.05) is 0 Å². The molecule has 12 heteroatoms. The van der Waals surface area contributed by atoms with Crippen molar-refractivity contribution in [2.24, 2.45) is 0 Å². The third kappa shape index (κ3) is 4.62. The summed E-state index contributed by atoms with van der Waals surface area (Å²) >= 11 is 0. The van der Waals surface area contributed by atoms with Crippen LogP contribution in [0.15, 0.2) is 59.5 Å². The number of nitrogens with zero attached hydrogens (tertiary/aromatic N) is 3. The molecule has 1 aliphatic heterocycles. The zero-order valence-electron chi connectivity index (χ0n) is 17.1. The fourth-order valence-corrected chi connectivity index (χ4v) is 5.55. The van der Waals surface area contributed by atoms with Gasteiger partial charge in [-0.3, -0.25) is 15.2 Å². The molecule has 1 aliphatic rings. The molecule has 0 spiro atoms. The molecule has 0 radical (unpaired) electrons. The number of aromatic nitrogens is 2. The van der Waals surface area contributed by atoms with Gasteiger partial charge in [-0.2, -0.15) is 22.6 Å². The molecule has 0 unspecified atom stereocenters. The number of nitro groups is 1. The van der Waals surface area contributed by atoms with Gasteiger partial charge in [0.2, 0.25) is 10.0 Å². The molecule has 0 bridgehead atoms. The first-order valence-electron chi connectivity index (χ1n) is 10.0. The number of nitro benzene ring substituents is 1. The summed E-state index contributed by atoms with van der Waals surface area (Å²) in [6.45, 7) is 0.300. The van der Waals surface area contributed by atoms with E-state index < -0.39 is 32.4 Å². The number of alkyl halides is 3. The van der Waals surface area contributed by atoms with Crippen molar-refractivity contribution < 1.29 is 26.5 Å². The van der Waals surface area contributed by atoms with E-state index in [9.17, 15) is 31.7 Å². The van der Waals surface area contributed by atoms with Crippen LogP contribution in [0.5, 0.6) is 0 Å². The van der Waals surface area contributed by atoms with E-state index >= 15 is 0 Å². The van der Waals surface area contributed by atoms with Crippen LogP contribution in [0.2, 0.25) is 0 Å². The van der Waals surface area contributed by atoms with Crippen molar-refractivity contribution in [2.45, 2.75) is 29.8 Å². The second-order valence-electron chi connectivity index (χ2n) is 7.69. The van der Waals surface area contributed by atoms with Crippen molar-refractivity contribution in [2.75, 3.05) is 13.1 Å². The predicted molar refractivity (Wildman–Crippen MR) is 113 cm³/mol. The maximum Gasteiger partial charge on any atom is 0.416 e. The molecule has 1 saturated heterocycles. The Bertz CT molecular complexity index is 1280. The zero-order chi connectivity index (χ0) is 23.8. The zero-order valence-corrected chi connectivity index (χ0v) is 17.9. The minimum absolute atomic E-state index is 0.0748. The lowest BCUT2D eigenvalue weighted by atomic mass is 9.94. The highest BCUT2D eigenvalue weighted by molar-refractivity contribution is 7.89. The number of halogens is 3. The van der Waals surface area contributed by atoms with Crippen LogP contribution < -0.4 is 0 Å². The first-order valence-corrected chi connectivity index (χ1v) is 11.5. The van der Waals surface area contributed by atoms with Gasteiger partial charge in [0, 0.05) is 36.3 Å². The standard InChI is InChI=1S/C21H19F3N4O4S/c22-21(23,24)16-5-3-4-15(12-16)18-13-17(25-26-18)14-8-10-27(11-9-14)33(31,32)20-7-2-1-6-19(20)28(29)30/h1-7,12-14H,8-11H2,(H,25,26). The summed E-state index contributed by atoms with van der Waals surface area (Å²) in [6.07, 6.45) is -3.59. The molecular weight excluding hydrogens is 461 g/mol. The molecule has 1 N–H and O–H groups in total. The average Bonchev–Trinajstić information content (AvgIpc) is 3.29. The molecule has 8 nitrogen and oxygen atoms in total. The van der Waals surface area contributed by atoms with Crippen LogP contribution in [0.4, 0.5) is 18.9 Å². The lowest BCUT2D eigenvalue weighted by Gasteiger charge is -2.30. The Kier molecular flexibility index (Phi) is 5.97. The van der Waals surface area contributed by atoms with Crippen molar-refractivity contribution in [1.29, 1.82) is 0 Å². The van der Waals surface area contributed by atoms with E-state index in [1.165, 1.54) is 34.6 Å². The normalized spacial score (nSPS) is 16.1. The van der Waals surface area contributed by atoms with E-state index in [0.717, 1.165) is 18.2 Å². The molecule has 1 fully saturated rings. The van der Waals surface area contributed by atoms with Gasteiger partial charge in [0.15, 0.2) is 4.90 Å². The summed E-state index contributed by atoms with van der Waals surface area (Å²) in [7, 11) is -4.04. The molecule has 33 heavy (non-hydrogen) atoms. The van der Waals surface area contributed by atoms with Gasteiger partial charge in [-0.25, -0.2) is 8.42 Å². The summed E-state index contributed by atoms with van der Waals surface area (Å²) in [5.74, 6) is -0.0748. The summed E-state index contributed by atoms with van der Waals surface area (Å²) < 4.78 is 66.1. The molecule has 0 saturated carbocycles. The second kappa shape index (κ2) is 8.60. The van der Waals surface area contributed by atoms with Crippen molar-refractivity contribution in [3.63, 3.8) is 0 Å². The van der Waals surface area contributed by atoms with Crippen LogP contribution >= 0.6 is 0 Å². The molecule has 0 aliphatic carbocycles. The number of hydrogen-bond acceptors (Lipinski definition) is 5. The first kappa shape index (κ1) is 22.9. The Labute approximate surface area is 187 Å². The third-order valence-electron chi connectivity index (χ3n) is 5.66. The van der Waals surface area contributed by atoms with E-state index in [1.54, 1.807) is 6.07 Å². The molecule has 4 rings (SSSR count). The Morgan fingerprint density at radius 3 is 2.42 bits per heavy atom. The summed E-state index contributed by atoms with van der Waals surface area (Å²) in [5.41, 5.74) is 0.150. The molecule has 0 amide bonds. The van der Waals surface area contributed by atoms with Gasteiger partial charge in [-0.15, -0.1) is 0 Å². The molecule has 174 valence electrons. The van der Waals surface area contributed by atoms with Crippen LogP contribution in [-0.4, -0.2) is 40.9 Å². The minimum atomic E-state index is -4.46. The Morgan fingerprint density at radius 1 is 1.06 bits per heavy atom. The number of piperidine rings is 1. The highest BCUT2D eigenvalue weighted by atomic mass is 32.2. The average molecular weight is 480 g/mol. The predicted octanol–water partition coefficient (Wildman–Crippen LogP) is 4.57. The first-order chi connectivity index (χ1) is 15.6. The van der Waals surface area contributed by atoms with Crippen molar-refractivity contribution in [3.05, 3.63) is 76.0 Å². The van der Waals surface area contributed by atoms with Crippen molar-refractivity contribution in [3.8, 4) is 11.3 Å². The largest absolute Gasteiger partial charge is 0.416 e.